The SMILES string of the molecule is COCCNc1cnnc(Cl)n1. The number of hydrogen-bond donors (Lipinski definition) is 1. The molecule has 0 fully saturated rings. The largest absolute Gasteiger partial charge is 0.383 e. The normalized spacial score (nSPS) is 9.83. The number of ether oxygens (including phenoxy) is 1. The van der Waals surface area contributed by atoms with E-state index in [1.54, 1.807) is 7.11 Å². The minimum Gasteiger partial charge on any atom is -0.383 e. The summed E-state index contributed by atoms with van der Waals surface area (Å²) in [5.74, 6) is 0.604. The summed E-state index contributed by atoms with van der Waals surface area (Å²) < 4.78 is 4.83. The van der Waals surface area contributed by atoms with Gasteiger partial charge in [-0.05, 0) is 11.6 Å². The van der Waals surface area contributed by atoms with Gasteiger partial charge >= 0.3 is 0 Å². The maximum atomic E-state index is 5.50. The Hall–Kier alpha value is -0.940. The zero-order chi connectivity index (χ0) is 8.81. The van der Waals surface area contributed by atoms with Gasteiger partial charge in [0.2, 0.25) is 5.28 Å². The molecule has 1 N–H and O–H groups in total. The molecule has 66 valence electrons. The first-order valence-corrected chi connectivity index (χ1v) is 3.79. The average Bonchev–Trinajstić information content (AvgIpc) is 2.05. The molecule has 0 unspecified atom stereocenters. The molecule has 0 aliphatic carbocycles. The first-order chi connectivity index (χ1) is 5.83. The molecule has 1 aromatic rings. The van der Waals surface area contributed by atoms with Crippen molar-refractivity contribution in [1.29, 1.82) is 0 Å². The second-order valence-corrected chi connectivity index (χ2v) is 2.37. The quantitative estimate of drug-likeness (QED) is 0.701. The Balaban J connectivity index is 2.41. The number of aromatic nitrogens is 3. The van der Waals surface area contributed by atoms with Gasteiger partial charge in [-0.1, -0.05) is 0 Å². The summed E-state index contributed by atoms with van der Waals surface area (Å²) in [5.41, 5.74) is 0. The molecule has 1 heterocycles. The Morgan fingerprint density at radius 1 is 1.67 bits per heavy atom. The highest BCUT2D eigenvalue weighted by Gasteiger charge is 1.95. The first kappa shape index (κ1) is 9.15. The molecule has 0 amide bonds. The first-order valence-electron chi connectivity index (χ1n) is 3.41. The van der Waals surface area contributed by atoms with Crippen LogP contribution in [0.15, 0.2) is 6.20 Å². The molecule has 0 saturated carbocycles. The molecule has 0 radical (unpaired) electrons. The van der Waals surface area contributed by atoms with Crippen molar-refractivity contribution < 1.29 is 4.74 Å². The van der Waals surface area contributed by atoms with Crippen LogP contribution in [-0.2, 0) is 4.74 Å². The highest BCUT2D eigenvalue weighted by atomic mass is 35.5. The van der Waals surface area contributed by atoms with Crippen molar-refractivity contribution >= 4 is 17.4 Å². The van der Waals surface area contributed by atoms with E-state index in [0.717, 1.165) is 0 Å². The molecule has 5 nitrogen and oxygen atoms in total. The molecule has 0 aliphatic heterocycles. The van der Waals surface area contributed by atoms with Crippen LogP contribution in [0.1, 0.15) is 0 Å². The van der Waals surface area contributed by atoms with E-state index < -0.39 is 0 Å². The van der Waals surface area contributed by atoms with E-state index in [2.05, 4.69) is 20.5 Å². The summed E-state index contributed by atoms with van der Waals surface area (Å²) in [6, 6.07) is 0. The summed E-state index contributed by atoms with van der Waals surface area (Å²) in [6.45, 7) is 1.28. The number of nitrogens with zero attached hydrogens (tertiary/aromatic N) is 3. The van der Waals surface area contributed by atoms with E-state index in [-0.39, 0.29) is 5.28 Å². The lowest BCUT2D eigenvalue weighted by Gasteiger charge is -2.02. The lowest BCUT2D eigenvalue weighted by Crippen LogP contribution is -2.09. The third-order valence-electron chi connectivity index (χ3n) is 1.15. The second kappa shape index (κ2) is 4.84. The van der Waals surface area contributed by atoms with E-state index in [9.17, 15) is 0 Å². The Labute approximate surface area is 75.1 Å². The van der Waals surface area contributed by atoms with Crippen LogP contribution in [0.5, 0.6) is 0 Å². The summed E-state index contributed by atoms with van der Waals surface area (Å²) >= 11 is 5.50. The van der Waals surface area contributed by atoms with Crippen molar-refractivity contribution in [2.24, 2.45) is 0 Å². The molecule has 0 atom stereocenters. The van der Waals surface area contributed by atoms with E-state index in [1.165, 1.54) is 6.20 Å². The van der Waals surface area contributed by atoms with Crippen LogP contribution in [-0.4, -0.2) is 35.4 Å². The minimum atomic E-state index is 0.136. The van der Waals surface area contributed by atoms with Crippen LogP contribution in [0.2, 0.25) is 5.28 Å². The lowest BCUT2D eigenvalue weighted by molar-refractivity contribution is 0.210. The highest BCUT2D eigenvalue weighted by molar-refractivity contribution is 6.28. The van der Waals surface area contributed by atoms with Gasteiger partial charge in [0.1, 0.15) is 5.82 Å². The van der Waals surface area contributed by atoms with Crippen LogP contribution >= 0.6 is 11.6 Å². The van der Waals surface area contributed by atoms with Gasteiger partial charge in [0.25, 0.3) is 0 Å². The van der Waals surface area contributed by atoms with Gasteiger partial charge < -0.3 is 10.1 Å². The molecule has 0 aromatic carbocycles. The van der Waals surface area contributed by atoms with Crippen molar-refractivity contribution in [2.45, 2.75) is 0 Å². The third-order valence-corrected chi connectivity index (χ3v) is 1.31. The fourth-order valence-electron chi connectivity index (χ4n) is 0.648. The van der Waals surface area contributed by atoms with Crippen LogP contribution in [0.4, 0.5) is 5.82 Å². The highest BCUT2D eigenvalue weighted by Crippen LogP contribution is 2.02. The molecule has 6 heteroatoms. The number of anilines is 1. The Morgan fingerprint density at radius 2 is 2.50 bits per heavy atom. The Bertz CT molecular complexity index is 245. The minimum absolute atomic E-state index is 0.136. The number of rotatable bonds is 4. The number of hydrogen-bond acceptors (Lipinski definition) is 5. The monoisotopic (exact) mass is 188 g/mol. The predicted molar refractivity (Wildman–Crippen MR) is 45.2 cm³/mol. The van der Waals surface area contributed by atoms with Crippen LogP contribution in [0.3, 0.4) is 0 Å². The average molecular weight is 189 g/mol. The number of halogens is 1. The van der Waals surface area contributed by atoms with E-state index >= 15 is 0 Å². The molecule has 0 aliphatic rings. The van der Waals surface area contributed by atoms with Gasteiger partial charge in [-0.15, -0.1) is 5.10 Å². The lowest BCUT2D eigenvalue weighted by atomic mass is 10.6. The smallest absolute Gasteiger partial charge is 0.244 e. The van der Waals surface area contributed by atoms with E-state index in [4.69, 9.17) is 16.3 Å². The van der Waals surface area contributed by atoms with E-state index in [0.29, 0.717) is 19.0 Å². The molecule has 1 aromatic heterocycles. The van der Waals surface area contributed by atoms with Gasteiger partial charge in [0, 0.05) is 13.7 Å². The van der Waals surface area contributed by atoms with Crippen LogP contribution in [0.25, 0.3) is 0 Å². The maximum absolute atomic E-state index is 5.50. The van der Waals surface area contributed by atoms with Crippen LogP contribution < -0.4 is 5.32 Å². The zero-order valence-corrected chi connectivity index (χ0v) is 7.38. The van der Waals surface area contributed by atoms with E-state index in [1.807, 2.05) is 0 Å². The molecule has 12 heavy (non-hydrogen) atoms. The fraction of sp³-hybridized carbons (Fsp3) is 0.500. The molecule has 1 rings (SSSR count). The summed E-state index contributed by atoms with van der Waals surface area (Å²) in [5, 5.41) is 10.2. The molecule has 0 spiro atoms. The standard InChI is InChI=1S/C6H9ClN4O/c1-12-3-2-8-5-4-9-11-6(7)10-5/h4H,2-3H2,1H3,(H,8,10,11). The van der Waals surface area contributed by atoms with Gasteiger partial charge in [-0.3, -0.25) is 0 Å². The van der Waals surface area contributed by atoms with Crippen molar-refractivity contribution in [2.75, 3.05) is 25.6 Å². The van der Waals surface area contributed by atoms with Crippen molar-refractivity contribution in [3.05, 3.63) is 11.5 Å². The van der Waals surface area contributed by atoms with Gasteiger partial charge in [0.15, 0.2) is 0 Å². The van der Waals surface area contributed by atoms with Crippen molar-refractivity contribution in [3.8, 4) is 0 Å². The van der Waals surface area contributed by atoms with Crippen molar-refractivity contribution in [3.63, 3.8) is 0 Å². The summed E-state index contributed by atoms with van der Waals surface area (Å²) in [6.07, 6.45) is 1.50. The maximum Gasteiger partial charge on any atom is 0.244 e. The molecule has 0 saturated heterocycles. The third kappa shape index (κ3) is 2.98. The molecular formula is C6H9ClN4O. The van der Waals surface area contributed by atoms with Crippen LogP contribution in [0, 0.1) is 0 Å². The fourth-order valence-corrected chi connectivity index (χ4v) is 0.783. The predicted octanol–water partition coefficient (Wildman–Crippen LogP) is 0.583. The zero-order valence-electron chi connectivity index (χ0n) is 6.62. The summed E-state index contributed by atoms with van der Waals surface area (Å²) in [4.78, 5) is 3.87. The number of methoxy groups -OCH3 is 1. The van der Waals surface area contributed by atoms with Gasteiger partial charge in [-0.2, -0.15) is 10.1 Å². The summed E-state index contributed by atoms with van der Waals surface area (Å²) in [7, 11) is 1.63. The number of nitrogens with one attached hydrogen (secondary N) is 1. The topological polar surface area (TPSA) is 59.9 Å². The van der Waals surface area contributed by atoms with Gasteiger partial charge in [0.05, 0.1) is 12.8 Å². The Kier molecular flexibility index (Phi) is 3.69. The van der Waals surface area contributed by atoms with Gasteiger partial charge in [-0.25, -0.2) is 0 Å². The molecular weight excluding hydrogens is 180 g/mol. The van der Waals surface area contributed by atoms with Crippen molar-refractivity contribution in [1.82, 2.24) is 15.2 Å². The Morgan fingerprint density at radius 3 is 3.17 bits per heavy atom. The molecule has 0 bridgehead atoms. The second-order valence-electron chi connectivity index (χ2n) is 2.03.